The molecule has 0 unspecified atom stereocenters. The van der Waals surface area contributed by atoms with E-state index in [4.69, 9.17) is 0 Å². The molecule has 78 valence electrons. The highest BCUT2D eigenvalue weighted by atomic mass is 79.9. The third-order valence-corrected chi connectivity index (χ3v) is 2.82. The maximum atomic E-state index is 13.7. The van der Waals surface area contributed by atoms with E-state index in [0.717, 1.165) is 0 Å². The molecule has 5 heteroatoms. The second kappa shape index (κ2) is 3.73. The molecule has 1 N–H and O–H groups in total. The number of rotatable bonds is 1. The van der Waals surface area contributed by atoms with E-state index in [2.05, 4.69) is 25.9 Å². The van der Waals surface area contributed by atoms with Crippen LogP contribution >= 0.6 is 15.9 Å². The summed E-state index contributed by atoms with van der Waals surface area (Å²) in [6.07, 6.45) is 1.46. The second-order valence-corrected chi connectivity index (χ2v) is 3.83. The van der Waals surface area contributed by atoms with Crippen molar-refractivity contribution in [1.82, 2.24) is 9.97 Å². The van der Waals surface area contributed by atoms with Crippen LogP contribution in [0.25, 0.3) is 11.0 Å². The number of fused-ring (bicyclic) bond motifs is 1. The lowest BCUT2D eigenvalue weighted by atomic mass is 10.2. The van der Waals surface area contributed by atoms with Crippen LogP contribution < -0.4 is 5.56 Å². The van der Waals surface area contributed by atoms with Gasteiger partial charge < -0.3 is 4.98 Å². The standard InChI is InChI=1S/C10H8BrFN2O/c1-5-2-7-9(14-10(5)15)8(12)6(3-11)4-13-7/h2,4H,3H2,1H3,(H,14,15). The van der Waals surface area contributed by atoms with E-state index in [0.29, 0.717) is 22.0 Å². The number of alkyl halides is 1. The second-order valence-electron chi connectivity index (χ2n) is 3.27. The zero-order chi connectivity index (χ0) is 11.0. The van der Waals surface area contributed by atoms with Crippen molar-refractivity contribution in [1.29, 1.82) is 0 Å². The summed E-state index contributed by atoms with van der Waals surface area (Å²) < 4.78 is 13.7. The van der Waals surface area contributed by atoms with Gasteiger partial charge in [0.15, 0.2) is 5.82 Å². The Morgan fingerprint density at radius 2 is 2.33 bits per heavy atom. The van der Waals surface area contributed by atoms with Gasteiger partial charge in [-0.1, -0.05) is 15.9 Å². The Bertz CT molecular complexity index is 579. The molecular weight excluding hydrogens is 263 g/mol. The van der Waals surface area contributed by atoms with Crippen molar-refractivity contribution in [3.63, 3.8) is 0 Å². The zero-order valence-electron chi connectivity index (χ0n) is 7.97. The monoisotopic (exact) mass is 270 g/mol. The molecule has 15 heavy (non-hydrogen) atoms. The quantitative estimate of drug-likeness (QED) is 0.809. The van der Waals surface area contributed by atoms with Crippen molar-refractivity contribution < 1.29 is 4.39 Å². The van der Waals surface area contributed by atoms with Gasteiger partial charge in [-0.2, -0.15) is 0 Å². The topological polar surface area (TPSA) is 45.8 Å². The van der Waals surface area contributed by atoms with Crippen molar-refractivity contribution in [2.24, 2.45) is 0 Å². The van der Waals surface area contributed by atoms with Gasteiger partial charge >= 0.3 is 0 Å². The normalized spacial score (nSPS) is 10.9. The molecule has 0 aliphatic carbocycles. The summed E-state index contributed by atoms with van der Waals surface area (Å²) in [5, 5.41) is 0.373. The highest BCUT2D eigenvalue weighted by molar-refractivity contribution is 9.08. The van der Waals surface area contributed by atoms with Crippen LogP contribution in [0.4, 0.5) is 4.39 Å². The molecule has 0 aliphatic rings. The van der Waals surface area contributed by atoms with Gasteiger partial charge in [-0.25, -0.2) is 4.39 Å². The highest BCUT2D eigenvalue weighted by Gasteiger charge is 2.09. The van der Waals surface area contributed by atoms with Crippen LogP contribution in [0.3, 0.4) is 0 Å². The Hall–Kier alpha value is -1.23. The molecule has 2 aromatic rings. The summed E-state index contributed by atoms with van der Waals surface area (Å²) in [4.78, 5) is 17.9. The molecule has 0 amide bonds. The fourth-order valence-electron chi connectivity index (χ4n) is 1.35. The molecule has 3 nitrogen and oxygen atoms in total. The molecule has 0 aliphatic heterocycles. The average Bonchev–Trinajstić information content (AvgIpc) is 2.22. The van der Waals surface area contributed by atoms with Gasteiger partial charge in [-0.3, -0.25) is 9.78 Å². The van der Waals surface area contributed by atoms with Gasteiger partial charge in [-0.05, 0) is 13.0 Å². The van der Waals surface area contributed by atoms with Crippen LogP contribution in [-0.2, 0) is 5.33 Å². The van der Waals surface area contributed by atoms with E-state index in [1.807, 2.05) is 0 Å². The number of halogens is 2. The lowest BCUT2D eigenvalue weighted by Gasteiger charge is -2.03. The van der Waals surface area contributed by atoms with Crippen molar-refractivity contribution in [3.05, 3.63) is 39.6 Å². The van der Waals surface area contributed by atoms with Gasteiger partial charge in [0.1, 0.15) is 5.52 Å². The number of aryl methyl sites for hydroxylation is 1. The van der Waals surface area contributed by atoms with E-state index in [1.165, 1.54) is 6.20 Å². The van der Waals surface area contributed by atoms with Crippen LogP contribution in [0, 0.1) is 12.7 Å². The predicted octanol–water partition coefficient (Wildman–Crippen LogP) is 2.27. The molecule has 0 bridgehead atoms. The number of nitrogens with zero attached hydrogens (tertiary/aromatic N) is 1. The van der Waals surface area contributed by atoms with Crippen molar-refractivity contribution in [3.8, 4) is 0 Å². The van der Waals surface area contributed by atoms with E-state index in [1.54, 1.807) is 13.0 Å². The van der Waals surface area contributed by atoms with Crippen molar-refractivity contribution in [2.75, 3.05) is 0 Å². The molecule has 2 heterocycles. The molecule has 0 saturated carbocycles. The minimum atomic E-state index is -0.422. The Morgan fingerprint density at radius 1 is 1.60 bits per heavy atom. The predicted molar refractivity (Wildman–Crippen MR) is 59.7 cm³/mol. The first kappa shape index (κ1) is 10.3. The minimum Gasteiger partial charge on any atom is -0.318 e. The lowest BCUT2D eigenvalue weighted by Crippen LogP contribution is -2.10. The molecule has 0 aromatic carbocycles. The maximum Gasteiger partial charge on any atom is 0.251 e. The first-order valence-electron chi connectivity index (χ1n) is 4.36. The fourth-order valence-corrected chi connectivity index (χ4v) is 1.74. The van der Waals surface area contributed by atoms with E-state index in [-0.39, 0.29) is 11.1 Å². The number of hydrogen-bond donors (Lipinski definition) is 1. The first-order chi connectivity index (χ1) is 7.13. The smallest absolute Gasteiger partial charge is 0.251 e. The van der Waals surface area contributed by atoms with E-state index < -0.39 is 5.82 Å². The highest BCUT2D eigenvalue weighted by Crippen LogP contribution is 2.17. The number of H-pyrrole nitrogens is 1. The summed E-state index contributed by atoms with van der Waals surface area (Å²) in [5.41, 5.74) is 1.31. The van der Waals surface area contributed by atoms with Crippen LogP contribution in [0.2, 0.25) is 0 Å². The van der Waals surface area contributed by atoms with Crippen molar-refractivity contribution >= 4 is 27.0 Å². The molecule has 2 rings (SSSR count). The Morgan fingerprint density at radius 3 is 3.00 bits per heavy atom. The van der Waals surface area contributed by atoms with Gasteiger partial charge in [0.25, 0.3) is 5.56 Å². The maximum absolute atomic E-state index is 13.7. The van der Waals surface area contributed by atoms with Gasteiger partial charge in [0, 0.05) is 22.7 Å². The third-order valence-electron chi connectivity index (χ3n) is 2.21. The minimum absolute atomic E-state index is 0.169. The van der Waals surface area contributed by atoms with Crippen molar-refractivity contribution in [2.45, 2.75) is 12.3 Å². The van der Waals surface area contributed by atoms with Gasteiger partial charge in [0.2, 0.25) is 0 Å². The number of aromatic amines is 1. The summed E-state index contributed by atoms with van der Waals surface area (Å²) in [6.45, 7) is 1.66. The number of nitrogens with one attached hydrogen (secondary N) is 1. The van der Waals surface area contributed by atoms with Crippen LogP contribution in [0.15, 0.2) is 17.1 Å². The van der Waals surface area contributed by atoms with Crippen LogP contribution in [0.1, 0.15) is 11.1 Å². The SMILES string of the molecule is Cc1cc2ncc(CBr)c(F)c2[nH]c1=O. The summed E-state index contributed by atoms with van der Waals surface area (Å²) in [6, 6.07) is 1.58. The summed E-state index contributed by atoms with van der Waals surface area (Å²) in [5.74, 6) is -0.422. The van der Waals surface area contributed by atoms with Crippen LogP contribution in [-0.4, -0.2) is 9.97 Å². The van der Waals surface area contributed by atoms with Gasteiger partial charge in [0.05, 0.1) is 5.52 Å². The number of hydrogen-bond acceptors (Lipinski definition) is 2. The molecule has 0 radical (unpaired) electrons. The largest absolute Gasteiger partial charge is 0.318 e. The zero-order valence-corrected chi connectivity index (χ0v) is 9.56. The Balaban J connectivity index is 2.87. The molecule has 0 atom stereocenters. The van der Waals surface area contributed by atoms with Crippen LogP contribution in [0.5, 0.6) is 0 Å². The Kier molecular flexibility index (Phi) is 2.56. The first-order valence-corrected chi connectivity index (χ1v) is 5.48. The molecule has 2 aromatic heterocycles. The molecular formula is C10H8BrFN2O. The van der Waals surface area contributed by atoms with E-state index >= 15 is 0 Å². The van der Waals surface area contributed by atoms with Gasteiger partial charge in [-0.15, -0.1) is 0 Å². The number of aromatic nitrogens is 2. The molecule has 0 fully saturated rings. The van der Waals surface area contributed by atoms with E-state index in [9.17, 15) is 9.18 Å². The third kappa shape index (κ3) is 1.67. The Labute approximate surface area is 93.5 Å². The summed E-state index contributed by atoms with van der Waals surface area (Å²) in [7, 11) is 0. The lowest BCUT2D eigenvalue weighted by molar-refractivity contribution is 0.624. The number of pyridine rings is 2. The fraction of sp³-hybridized carbons (Fsp3) is 0.200. The molecule has 0 saturated heterocycles. The average molecular weight is 271 g/mol. The summed E-state index contributed by atoms with van der Waals surface area (Å²) >= 11 is 3.16. The molecule has 0 spiro atoms.